The van der Waals surface area contributed by atoms with E-state index in [1.807, 2.05) is 122 Å². The van der Waals surface area contributed by atoms with Crippen LogP contribution in [0, 0.1) is 0 Å². The number of hydrogen-bond acceptors (Lipinski definition) is 3. The van der Waals surface area contributed by atoms with Crippen LogP contribution >= 0.6 is 0 Å². The molecule has 0 N–H and O–H groups in total. The van der Waals surface area contributed by atoms with Crippen LogP contribution in [0.4, 0.5) is 0 Å². The summed E-state index contributed by atoms with van der Waals surface area (Å²) in [5.74, 6) is -0.0795. The Morgan fingerprint density at radius 2 is 1.33 bits per heavy atom. The van der Waals surface area contributed by atoms with Crippen LogP contribution < -0.4 is 0 Å². The van der Waals surface area contributed by atoms with Gasteiger partial charge in [-0.05, 0) is 6.07 Å². The lowest BCUT2D eigenvalue weighted by Crippen LogP contribution is -2.16. The quantitative estimate of drug-likeness (QED) is 0.322. The molecule has 0 aliphatic carbocycles. The van der Waals surface area contributed by atoms with Crippen LogP contribution in [-0.4, -0.2) is 34.6 Å². The zero-order valence-electron chi connectivity index (χ0n) is 17.1. The van der Waals surface area contributed by atoms with Crippen LogP contribution in [0.1, 0.15) is 10.4 Å². The number of carbonyl (C=O) groups is 1. The first-order chi connectivity index (χ1) is 14.6. The first-order valence-corrected chi connectivity index (χ1v) is 9.83. The summed E-state index contributed by atoms with van der Waals surface area (Å²) < 4.78 is 1.76. The van der Waals surface area contributed by atoms with Crippen molar-refractivity contribution in [1.29, 1.82) is 0 Å². The summed E-state index contributed by atoms with van der Waals surface area (Å²) >= 11 is 0. The van der Waals surface area contributed by atoms with Crippen LogP contribution in [0.25, 0.3) is 28.2 Å². The largest absolute Gasteiger partial charge is 0.382 e. The van der Waals surface area contributed by atoms with E-state index in [9.17, 15) is 4.79 Å². The van der Waals surface area contributed by atoms with Crippen molar-refractivity contribution in [2.75, 3.05) is 14.1 Å². The van der Waals surface area contributed by atoms with Crippen molar-refractivity contribution in [3.63, 3.8) is 0 Å². The first kappa shape index (κ1) is 19.4. The molecular formula is C26H23N3O. The van der Waals surface area contributed by atoms with E-state index < -0.39 is 0 Å². The molecule has 0 aliphatic rings. The van der Waals surface area contributed by atoms with Gasteiger partial charge in [0, 0.05) is 37.0 Å². The lowest BCUT2D eigenvalue weighted by Gasteiger charge is -2.14. The molecule has 0 radical (unpaired) electrons. The highest BCUT2D eigenvalue weighted by Gasteiger charge is 2.21. The number of rotatable bonds is 6. The fraction of sp³-hybridized carbons (Fsp3) is 0.0769. The Morgan fingerprint density at radius 1 is 0.800 bits per heavy atom. The zero-order valence-corrected chi connectivity index (χ0v) is 17.1. The first-order valence-electron chi connectivity index (χ1n) is 9.83. The minimum atomic E-state index is -0.0795. The number of Topliss-reactive ketones (excluding diaryl/α,β-unsaturated/α-hetero) is 1. The van der Waals surface area contributed by atoms with Gasteiger partial charge in [0.15, 0.2) is 0 Å². The second-order valence-electron chi connectivity index (χ2n) is 7.23. The van der Waals surface area contributed by atoms with Gasteiger partial charge in [-0.2, -0.15) is 5.10 Å². The van der Waals surface area contributed by atoms with Gasteiger partial charge in [0.25, 0.3) is 0 Å². The van der Waals surface area contributed by atoms with Crippen molar-refractivity contribution in [2.45, 2.75) is 0 Å². The molecule has 4 heteroatoms. The number of aromatic nitrogens is 2. The minimum absolute atomic E-state index is 0.0795. The van der Waals surface area contributed by atoms with E-state index in [4.69, 9.17) is 5.10 Å². The lowest BCUT2D eigenvalue weighted by atomic mass is 10.1. The average Bonchev–Trinajstić information content (AvgIpc) is 3.24. The van der Waals surface area contributed by atoms with E-state index >= 15 is 0 Å². The zero-order chi connectivity index (χ0) is 20.9. The van der Waals surface area contributed by atoms with Gasteiger partial charge >= 0.3 is 0 Å². The van der Waals surface area contributed by atoms with Crippen molar-refractivity contribution in [3.05, 3.63) is 109 Å². The fourth-order valence-electron chi connectivity index (χ4n) is 3.32. The van der Waals surface area contributed by atoms with E-state index in [1.165, 1.54) is 0 Å². The highest BCUT2D eigenvalue weighted by Crippen LogP contribution is 2.29. The molecule has 1 heterocycles. The van der Waals surface area contributed by atoms with Crippen LogP contribution in [-0.2, 0) is 0 Å². The number of allylic oxidation sites excluding steroid dienone is 1. The van der Waals surface area contributed by atoms with Gasteiger partial charge in [0.2, 0.25) is 5.78 Å². The molecule has 3 aromatic carbocycles. The van der Waals surface area contributed by atoms with E-state index in [2.05, 4.69) is 0 Å². The van der Waals surface area contributed by atoms with Crippen LogP contribution in [0.15, 0.2) is 103 Å². The SMILES string of the molecule is CN(C)C=C(C(=O)c1ccccc1)n1nc(-c2ccccc2)cc1-c1ccccc1. The Balaban J connectivity index is 1.92. The molecule has 148 valence electrons. The average molecular weight is 393 g/mol. The van der Waals surface area contributed by atoms with Crippen molar-refractivity contribution in [3.8, 4) is 22.5 Å². The number of nitrogens with zero attached hydrogens (tertiary/aromatic N) is 3. The van der Waals surface area contributed by atoms with Crippen molar-refractivity contribution in [1.82, 2.24) is 14.7 Å². The van der Waals surface area contributed by atoms with Crippen LogP contribution in [0.5, 0.6) is 0 Å². The molecule has 4 nitrogen and oxygen atoms in total. The molecule has 0 saturated carbocycles. The summed E-state index contributed by atoms with van der Waals surface area (Å²) in [7, 11) is 3.81. The molecule has 0 bridgehead atoms. The minimum Gasteiger partial charge on any atom is -0.382 e. The van der Waals surface area contributed by atoms with Gasteiger partial charge in [-0.3, -0.25) is 4.79 Å². The fourth-order valence-corrected chi connectivity index (χ4v) is 3.32. The maximum absolute atomic E-state index is 13.5. The molecule has 0 aliphatic heterocycles. The van der Waals surface area contributed by atoms with Gasteiger partial charge < -0.3 is 4.90 Å². The maximum Gasteiger partial charge on any atom is 0.212 e. The smallest absolute Gasteiger partial charge is 0.212 e. The van der Waals surface area contributed by atoms with E-state index in [1.54, 1.807) is 4.68 Å². The Kier molecular flexibility index (Phi) is 5.57. The molecule has 30 heavy (non-hydrogen) atoms. The Bertz CT molecular complexity index is 1160. The molecule has 0 unspecified atom stereocenters. The molecule has 0 atom stereocenters. The van der Waals surface area contributed by atoms with Crippen LogP contribution in [0.3, 0.4) is 0 Å². The normalized spacial score (nSPS) is 11.3. The maximum atomic E-state index is 13.5. The molecular weight excluding hydrogens is 370 g/mol. The van der Waals surface area contributed by atoms with E-state index in [-0.39, 0.29) is 5.78 Å². The Labute approximate surface area is 176 Å². The predicted octanol–water partition coefficient (Wildman–Crippen LogP) is 5.46. The van der Waals surface area contributed by atoms with Gasteiger partial charge in [-0.1, -0.05) is 91.0 Å². The second-order valence-corrected chi connectivity index (χ2v) is 7.23. The molecule has 0 amide bonds. The van der Waals surface area contributed by atoms with E-state index in [0.717, 1.165) is 22.5 Å². The number of carbonyl (C=O) groups excluding carboxylic acids is 1. The third-order valence-corrected chi connectivity index (χ3v) is 4.73. The summed E-state index contributed by atoms with van der Waals surface area (Å²) in [5.41, 5.74) is 4.81. The molecule has 4 aromatic rings. The summed E-state index contributed by atoms with van der Waals surface area (Å²) in [6.07, 6.45) is 1.82. The molecule has 0 spiro atoms. The summed E-state index contributed by atoms with van der Waals surface area (Å²) in [4.78, 5) is 15.3. The summed E-state index contributed by atoms with van der Waals surface area (Å²) in [5, 5.41) is 4.86. The standard InChI is InChI=1S/C26H23N3O/c1-28(2)19-25(26(30)22-16-10-5-11-17-22)29-24(21-14-8-4-9-15-21)18-23(27-29)20-12-6-3-7-13-20/h3-19H,1-2H3. The third-order valence-electron chi connectivity index (χ3n) is 4.73. The van der Waals surface area contributed by atoms with Gasteiger partial charge in [0.05, 0.1) is 11.4 Å². The van der Waals surface area contributed by atoms with Crippen LogP contribution in [0.2, 0.25) is 0 Å². The number of hydrogen-bond donors (Lipinski definition) is 0. The van der Waals surface area contributed by atoms with Crippen molar-refractivity contribution in [2.24, 2.45) is 0 Å². The third kappa shape index (κ3) is 4.08. The molecule has 4 rings (SSSR count). The van der Waals surface area contributed by atoms with Gasteiger partial charge in [0.1, 0.15) is 5.70 Å². The number of ketones is 1. The summed E-state index contributed by atoms with van der Waals surface area (Å²) in [6, 6.07) is 31.4. The predicted molar refractivity (Wildman–Crippen MR) is 122 cm³/mol. The van der Waals surface area contributed by atoms with E-state index in [0.29, 0.717) is 11.3 Å². The number of benzene rings is 3. The summed E-state index contributed by atoms with van der Waals surface area (Å²) in [6.45, 7) is 0. The van der Waals surface area contributed by atoms with Crippen molar-refractivity contribution >= 4 is 11.5 Å². The lowest BCUT2D eigenvalue weighted by molar-refractivity contribution is 0.104. The highest BCUT2D eigenvalue weighted by molar-refractivity contribution is 6.24. The molecule has 0 fully saturated rings. The van der Waals surface area contributed by atoms with Gasteiger partial charge in [-0.25, -0.2) is 4.68 Å². The molecule has 1 aromatic heterocycles. The van der Waals surface area contributed by atoms with Gasteiger partial charge in [-0.15, -0.1) is 0 Å². The second kappa shape index (κ2) is 8.62. The molecule has 0 saturated heterocycles. The topological polar surface area (TPSA) is 38.1 Å². The highest BCUT2D eigenvalue weighted by atomic mass is 16.1. The van der Waals surface area contributed by atoms with Crippen molar-refractivity contribution < 1.29 is 4.79 Å². The Hall–Kier alpha value is -3.92. The monoisotopic (exact) mass is 393 g/mol. The Morgan fingerprint density at radius 3 is 1.90 bits per heavy atom.